The Labute approximate surface area is 89.3 Å². The van der Waals surface area contributed by atoms with Gasteiger partial charge in [0.25, 0.3) is 0 Å². The summed E-state index contributed by atoms with van der Waals surface area (Å²) in [5.41, 5.74) is -0.598. The van der Waals surface area contributed by atoms with Crippen LogP contribution in [-0.4, -0.2) is 5.91 Å². The number of rotatable bonds is 2. The zero-order valence-electron chi connectivity index (χ0n) is 7.35. The predicted molar refractivity (Wildman–Crippen MR) is 50.2 cm³/mol. The number of nitrogens with one attached hydrogen (secondary N) is 1. The van der Waals surface area contributed by atoms with Crippen molar-refractivity contribution in [2.75, 3.05) is 5.32 Å². The zero-order chi connectivity index (χ0) is 11.4. The van der Waals surface area contributed by atoms with E-state index in [1.54, 1.807) is 6.07 Å². The lowest BCUT2D eigenvalue weighted by atomic mass is 10.2. The smallest absolute Gasteiger partial charge is 0.238 e. The molecule has 0 atom stereocenters. The van der Waals surface area contributed by atoms with Gasteiger partial charge in [0.05, 0.1) is 6.07 Å². The molecule has 15 heavy (non-hydrogen) atoms. The van der Waals surface area contributed by atoms with Gasteiger partial charge in [0.1, 0.15) is 12.1 Å². The van der Waals surface area contributed by atoms with E-state index in [4.69, 9.17) is 16.9 Å². The molecule has 0 fully saturated rings. The van der Waals surface area contributed by atoms with Gasteiger partial charge in [-0.2, -0.15) is 5.26 Å². The Kier molecular flexibility index (Phi) is 3.58. The number of hydrogen-bond donors (Lipinski definition) is 1. The van der Waals surface area contributed by atoms with Crippen LogP contribution in [0.5, 0.6) is 0 Å². The molecule has 0 spiro atoms. The fourth-order valence-corrected chi connectivity index (χ4v) is 1.11. The van der Waals surface area contributed by atoms with Gasteiger partial charge in [-0.1, -0.05) is 11.6 Å². The second-order valence-corrected chi connectivity index (χ2v) is 3.06. The number of carbonyl (C=O) groups is 1. The van der Waals surface area contributed by atoms with E-state index in [0.29, 0.717) is 0 Å². The van der Waals surface area contributed by atoms with Crippen LogP contribution < -0.4 is 5.32 Å². The third kappa shape index (κ3) is 2.89. The number of hydrogen-bond acceptors (Lipinski definition) is 2. The summed E-state index contributed by atoms with van der Waals surface area (Å²) in [6, 6.07) is 3.29. The van der Waals surface area contributed by atoms with Crippen LogP contribution in [0.25, 0.3) is 0 Å². The Hall–Kier alpha value is -1.67. The third-order valence-corrected chi connectivity index (χ3v) is 1.73. The van der Waals surface area contributed by atoms with Gasteiger partial charge >= 0.3 is 0 Å². The number of nitrogens with zero attached hydrogens (tertiary/aromatic N) is 1. The fourth-order valence-electron chi connectivity index (χ4n) is 0.917. The van der Waals surface area contributed by atoms with Crippen LogP contribution in [0.2, 0.25) is 5.02 Å². The highest BCUT2D eigenvalue weighted by molar-refractivity contribution is 6.30. The topological polar surface area (TPSA) is 52.9 Å². The van der Waals surface area contributed by atoms with Crippen molar-refractivity contribution in [1.82, 2.24) is 0 Å². The van der Waals surface area contributed by atoms with Crippen LogP contribution in [0.3, 0.4) is 0 Å². The summed E-state index contributed by atoms with van der Waals surface area (Å²) in [5.74, 6) is -2.74. The maximum absolute atomic E-state index is 13.1. The molecule has 1 N–H and O–H groups in total. The molecular formula is C9H5ClF2N2O. The molecule has 0 aliphatic heterocycles. The zero-order valence-corrected chi connectivity index (χ0v) is 8.11. The molecule has 0 aliphatic rings. The summed E-state index contributed by atoms with van der Waals surface area (Å²) in [7, 11) is 0. The maximum Gasteiger partial charge on any atom is 0.238 e. The molecule has 0 unspecified atom stereocenters. The Morgan fingerprint density at radius 2 is 2.00 bits per heavy atom. The summed E-state index contributed by atoms with van der Waals surface area (Å²) < 4.78 is 26.2. The van der Waals surface area contributed by atoms with Crippen molar-refractivity contribution >= 4 is 23.2 Å². The van der Waals surface area contributed by atoms with Gasteiger partial charge in [-0.15, -0.1) is 0 Å². The molecule has 1 aromatic rings. The minimum absolute atomic E-state index is 0.108. The lowest BCUT2D eigenvalue weighted by molar-refractivity contribution is -0.115. The molecule has 3 nitrogen and oxygen atoms in total. The third-order valence-electron chi connectivity index (χ3n) is 1.51. The molecule has 0 heterocycles. The molecule has 1 rings (SSSR count). The molecule has 1 amide bonds. The van der Waals surface area contributed by atoms with Crippen molar-refractivity contribution in [2.24, 2.45) is 0 Å². The largest absolute Gasteiger partial charge is 0.320 e. The second-order valence-electron chi connectivity index (χ2n) is 2.63. The minimum Gasteiger partial charge on any atom is -0.320 e. The predicted octanol–water partition coefficient (Wildman–Crippen LogP) is 2.47. The summed E-state index contributed by atoms with van der Waals surface area (Å²) in [6.07, 6.45) is -0.471. The molecule has 0 saturated heterocycles. The first-order valence-corrected chi connectivity index (χ1v) is 4.23. The van der Waals surface area contributed by atoms with E-state index < -0.39 is 29.6 Å². The van der Waals surface area contributed by atoms with Gasteiger partial charge in [-0.25, -0.2) is 8.78 Å². The first-order valence-electron chi connectivity index (χ1n) is 3.86. The quantitative estimate of drug-likeness (QED) is 0.849. The molecular weight excluding hydrogens is 226 g/mol. The minimum atomic E-state index is -0.980. The van der Waals surface area contributed by atoms with Crippen molar-refractivity contribution < 1.29 is 13.6 Å². The molecule has 0 bridgehead atoms. The molecule has 6 heteroatoms. The monoisotopic (exact) mass is 230 g/mol. The lowest BCUT2D eigenvalue weighted by Crippen LogP contribution is -2.12. The number of anilines is 1. The van der Waals surface area contributed by atoms with E-state index >= 15 is 0 Å². The van der Waals surface area contributed by atoms with Gasteiger partial charge in [0, 0.05) is 5.02 Å². The maximum atomic E-state index is 13.1. The Morgan fingerprint density at radius 3 is 2.47 bits per heavy atom. The van der Waals surface area contributed by atoms with Crippen LogP contribution in [0.1, 0.15) is 6.42 Å². The fraction of sp³-hybridized carbons (Fsp3) is 0.111. The van der Waals surface area contributed by atoms with E-state index in [0.717, 1.165) is 12.1 Å². The average molecular weight is 231 g/mol. The van der Waals surface area contributed by atoms with Crippen molar-refractivity contribution in [3.8, 4) is 6.07 Å². The standard InChI is InChI=1S/C9H5ClF2N2O/c10-5-3-6(11)9(7(12)4-5)14-8(15)1-2-13/h3-4H,1H2,(H,14,15). The molecule has 0 aromatic heterocycles. The van der Waals surface area contributed by atoms with Crippen LogP contribution in [-0.2, 0) is 4.79 Å². The van der Waals surface area contributed by atoms with Crippen molar-refractivity contribution in [2.45, 2.75) is 6.42 Å². The Bertz CT molecular complexity index is 419. The highest BCUT2D eigenvalue weighted by Crippen LogP contribution is 2.23. The molecule has 0 saturated carbocycles. The highest BCUT2D eigenvalue weighted by atomic mass is 35.5. The van der Waals surface area contributed by atoms with Crippen molar-refractivity contribution in [3.63, 3.8) is 0 Å². The number of nitriles is 1. The number of benzene rings is 1. The Morgan fingerprint density at radius 1 is 1.47 bits per heavy atom. The summed E-state index contributed by atoms with van der Waals surface area (Å²) >= 11 is 5.37. The molecule has 0 radical (unpaired) electrons. The normalized spacial score (nSPS) is 9.47. The van der Waals surface area contributed by atoms with Gasteiger partial charge in [0.2, 0.25) is 5.91 Å². The SMILES string of the molecule is N#CCC(=O)Nc1c(F)cc(Cl)cc1F. The van der Waals surface area contributed by atoms with Gasteiger partial charge < -0.3 is 5.32 Å². The van der Waals surface area contributed by atoms with Crippen LogP contribution in [0, 0.1) is 23.0 Å². The van der Waals surface area contributed by atoms with E-state index in [1.807, 2.05) is 5.32 Å². The van der Waals surface area contributed by atoms with E-state index in [9.17, 15) is 13.6 Å². The highest BCUT2D eigenvalue weighted by Gasteiger charge is 2.13. The van der Waals surface area contributed by atoms with Crippen LogP contribution in [0.15, 0.2) is 12.1 Å². The van der Waals surface area contributed by atoms with Crippen molar-refractivity contribution in [3.05, 3.63) is 28.8 Å². The lowest BCUT2D eigenvalue weighted by Gasteiger charge is -2.05. The average Bonchev–Trinajstić information content (AvgIpc) is 2.11. The van der Waals surface area contributed by atoms with Crippen LogP contribution >= 0.6 is 11.6 Å². The van der Waals surface area contributed by atoms with Gasteiger partial charge in [-0.05, 0) is 12.1 Å². The van der Waals surface area contributed by atoms with E-state index in [-0.39, 0.29) is 5.02 Å². The summed E-state index contributed by atoms with van der Waals surface area (Å²) in [5, 5.41) is 10.0. The molecule has 1 aromatic carbocycles. The number of halogens is 3. The van der Waals surface area contributed by atoms with Gasteiger partial charge in [-0.3, -0.25) is 4.79 Å². The second kappa shape index (κ2) is 4.71. The van der Waals surface area contributed by atoms with E-state index in [2.05, 4.69) is 0 Å². The first-order chi connectivity index (χ1) is 7.04. The summed E-state index contributed by atoms with van der Waals surface area (Å²) in [4.78, 5) is 10.9. The molecule has 0 aliphatic carbocycles. The van der Waals surface area contributed by atoms with Crippen LogP contribution in [0.4, 0.5) is 14.5 Å². The number of carbonyl (C=O) groups excluding carboxylic acids is 1. The first kappa shape index (κ1) is 11.4. The number of amides is 1. The molecule has 78 valence electrons. The van der Waals surface area contributed by atoms with Gasteiger partial charge in [0.15, 0.2) is 11.6 Å². The van der Waals surface area contributed by atoms with Crippen molar-refractivity contribution in [1.29, 1.82) is 5.26 Å². The van der Waals surface area contributed by atoms with E-state index in [1.165, 1.54) is 0 Å². The Balaban J connectivity index is 2.96. The summed E-state index contributed by atoms with van der Waals surface area (Å²) in [6.45, 7) is 0.